The second-order valence-electron chi connectivity index (χ2n) is 8.15. The zero-order valence-corrected chi connectivity index (χ0v) is 20.5. The third kappa shape index (κ3) is 6.48. The van der Waals surface area contributed by atoms with E-state index in [4.69, 9.17) is 5.73 Å². The molecule has 11 heteroatoms. The summed E-state index contributed by atoms with van der Waals surface area (Å²) in [5.74, 6) is -0.683. The summed E-state index contributed by atoms with van der Waals surface area (Å²) in [6, 6.07) is 1.80. The van der Waals surface area contributed by atoms with Gasteiger partial charge in [0.15, 0.2) is 11.6 Å². The molecule has 0 bridgehead atoms. The normalized spacial score (nSPS) is 12.7. The smallest absolute Gasteiger partial charge is 0.248 e. The van der Waals surface area contributed by atoms with Gasteiger partial charge in [-0.2, -0.15) is 4.98 Å². The molecule has 3 aromatic heterocycles. The number of aliphatic imine (C=N–C) groups is 1. The summed E-state index contributed by atoms with van der Waals surface area (Å²) in [5, 5.41) is 6.53. The minimum Gasteiger partial charge on any atom is -0.401 e. The second-order valence-corrected chi connectivity index (χ2v) is 8.15. The highest BCUT2D eigenvalue weighted by Crippen LogP contribution is 2.26. The Hall–Kier alpha value is -4.12. The molecule has 3 aromatic rings. The van der Waals surface area contributed by atoms with Crippen molar-refractivity contribution in [1.82, 2.24) is 24.4 Å². The first-order valence-corrected chi connectivity index (χ1v) is 11.1. The highest BCUT2D eigenvalue weighted by atomic mass is 19.1. The van der Waals surface area contributed by atoms with E-state index < -0.39 is 5.82 Å². The number of halogens is 1. The lowest BCUT2D eigenvalue weighted by Crippen LogP contribution is -2.13. The van der Waals surface area contributed by atoms with Crippen molar-refractivity contribution in [2.24, 2.45) is 10.7 Å². The largest absolute Gasteiger partial charge is 0.401 e. The average Bonchev–Trinajstić information content (AvgIpc) is 3.13. The molecule has 4 N–H and O–H groups in total. The number of fused-ring (bicyclic) bond motifs is 1. The van der Waals surface area contributed by atoms with E-state index in [-0.39, 0.29) is 17.7 Å². The van der Waals surface area contributed by atoms with E-state index in [0.717, 1.165) is 17.1 Å². The van der Waals surface area contributed by atoms with Crippen molar-refractivity contribution >= 4 is 34.8 Å². The van der Waals surface area contributed by atoms with Gasteiger partial charge in [0, 0.05) is 42.7 Å². The molecule has 0 atom stereocenters. The first-order valence-electron chi connectivity index (χ1n) is 11.1. The van der Waals surface area contributed by atoms with Crippen LogP contribution in [-0.2, 0) is 4.79 Å². The number of carbonyl (C=O) groups is 1. The first-order chi connectivity index (χ1) is 16.7. The van der Waals surface area contributed by atoms with Gasteiger partial charge >= 0.3 is 0 Å². The molecule has 0 radical (unpaired) electrons. The van der Waals surface area contributed by atoms with Crippen LogP contribution in [0.2, 0.25) is 0 Å². The fraction of sp³-hybridized carbons (Fsp3) is 0.292. The lowest BCUT2D eigenvalue weighted by atomic mass is 10.2. The number of nitrogens with one attached hydrogen (secondary N) is 2. The van der Waals surface area contributed by atoms with Crippen LogP contribution in [-0.4, -0.2) is 63.7 Å². The number of nitrogens with two attached hydrogens (primary N) is 1. The Kier molecular flexibility index (Phi) is 8.26. The Morgan fingerprint density at radius 1 is 1.29 bits per heavy atom. The number of likely N-dealkylation sites (N-methyl/N-ethyl adjacent to an activating group) is 1. The van der Waals surface area contributed by atoms with E-state index >= 15 is 0 Å². The topological polar surface area (TPSA) is 126 Å². The summed E-state index contributed by atoms with van der Waals surface area (Å²) >= 11 is 0. The van der Waals surface area contributed by atoms with E-state index in [1.807, 2.05) is 32.8 Å². The number of nitrogens with zero attached hydrogens (tertiary/aromatic N) is 6. The Bertz CT molecular complexity index is 1300. The summed E-state index contributed by atoms with van der Waals surface area (Å²) in [7, 11) is 3.84. The SMILES string of the molecule is CCN=C/C(Nc1ncc(F)c(-n2cc(C)c3cc(NC(=O)/C=C/CN(C)C)cnc32)n1)=C(/C)N. The molecule has 3 rings (SSSR count). The summed E-state index contributed by atoms with van der Waals surface area (Å²) < 4.78 is 16.3. The minimum absolute atomic E-state index is 0.0259. The van der Waals surface area contributed by atoms with Gasteiger partial charge in [0.25, 0.3) is 0 Å². The molecule has 0 aliphatic carbocycles. The number of amides is 1. The van der Waals surface area contributed by atoms with Crippen molar-refractivity contribution in [2.45, 2.75) is 20.8 Å². The molecule has 0 saturated heterocycles. The van der Waals surface area contributed by atoms with E-state index in [9.17, 15) is 9.18 Å². The number of anilines is 2. The number of pyridine rings is 1. The van der Waals surface area contributed by atoms with Crippen molar-refractivity contribution in [3.63, 3.8) is 0 Å². The van der Waals surface area contributed by atoms with Crippen LogP contribution in [0.5, 0.6) is 0 Å². The number of aryl methyl sites for hydroxylation is 1. The maximum absolute atomic E-state index is 14.8. The lowest BCUT2D eigenvalue weighted by molar-refractivity contribution is -0.111. The molecule has 3 heterocycles. The number of allylic oxidation sites excluding steroid dienone is 2. The number of hydrogen-bond donors (Lipinski definition) is 3. The van der Waals surface area contributed by atoms with E-state index in [1.54, 1.807) is 36.0 Å². The fourth-order valence-electron chi connectivity index (χ4n) is 3.17. The maximum atomic E-state index is 14.8. The first kappa shape index (κ1) is 25.5. The molecule has 35 heavy (non-hydrogen) atoms. The van der Waals surface area contributed by atoms with Crippen molar-refractivity contribution in [3.05, 3.63) is 59.6 Å². The van der Waals surface area contributed by atoms with Crippen molar-refractivity contribution in [3.8, 4) is 5.82 Å². The van der Waals surface area contributed by atoms with Gasteiger partial charge in [-0.3, -0.25) is 14.4 Å². The molecule has 0 aliphatic heterocycles. The van der Waals surface area contributed by atoms with Gasteiger partial charge in [0.05, 0.1) is 23.8 Å². The quantitative estimate of drug-likeness (QED) is 0.318. The number of carbonyl (C=O) groups excluding carboxylic acids is 1. The van der Waals surface area contributed by atoms with Crippen molar-refractivity contribution in [1.29, 1.82) is 0 Å². The summed E-state index contributed by atoms with van der Waals surface area (Å²) in [4.78, 5) is 31.1. The highest BCUT2D eigenvalue weighted by Gasteiger charge is 2.16. The molecular weight excluding hydrogens is 449 g/mol. The van der Waals surface area contributed by atoms with Crippen LogP contribution < -0.4 is 16.4 Å². The second kappa shape index (κ2) is 11.3. The average molecular weight is 480 g/mol. The molecule has 0 saturated carbocycles. The Balaban J connectivity index is 1.92. The number of hydrogen-bond acceptors (Lipinski definition) is 8. The lowest BCUT2D eigenvalue weighted by Gasteiger charge is -2.10. The van der Waals surface area contributed by atoms with E-state index in [0.29, 0.717) is 35.8 Å². The monoisotopic (exact) mass is 479 g/mol. The maximum Gasteiger partial charge on any atom is 0.248 e. The number of rotatable bonds is 9. The van der Waals surface area contributed by atoms with E-state index in [1.165, 1.54) is 12.3 Å². The summed E-state index contributed by atoms with van der Waals surface area (Å²) in [6.07, 6.45) is 9.18. The molecular formula is C24H30FN9O. The molecule has 0 aromatic carbocycles. The van der Waals surface area contributed by atoms with Crippen LogP contribution in [0.3, 0.4) is 0 Å². The van der Waals surface area contributed by atoms with Gasteiger partial charge in [-0.15, -0.1) is 0 Å². The van der Waals surface area contributed by atoms with E-state index in [2.05, 4.69) is 30.6 Å². The van der Waals surface area contributed by atoms with Crippen LogP contribution in [0, 0.1) is 12.7 Å². The van der Waals surface area contributed by atoms with Crippen LogP contribution in [0.25, 0.3) is 16.9 Å². The highest BCUT2D eigenvalue weighted by molar-refractivity contribution is 6.00. The Morgan fingerprint density at radius 3 is 2.74 bits per heavy atom. The van der Waals surface area contributed by atoms with Crippen LogP contribution in [0.4, 0.5) is 16.0 Å². The summed E-state index contributed by atoms with van der Waals surface area (Å²) in [6.45, 7) is 6.74. The standard InChI is InChI=1S/C24H30FN9O/c1-6-27-13-20(16(3)26)31-24-29-12-19(25)23(32-24)34-14-15(2)18-10-17(11-28-22(18)34)30-21(35)8-7-9-33(4)5/h7-8,10-14H,6,9,26H2,1-5H3,(H,30,35)(H,29,31,32)/b8-7+,20-16+,27-13?. The van der Waals surface area contributed by atoms with Crippen LogP contribution in [0.1, 0.15) is 19.4 Å². The molecule has 10 nitrogen and oxygen atoms in total. The Labute approximate surface area is 203 Å². The van der Waals surface area contributed by atoms with Gasteiger partial charge in [-0.05, 0) is 46.5 Å². The predicted molar refractivity (Wildman–Crippen MR) is 137 cm³/mol. The predicted octanol–water partition coefficient (Wildman–Crippen LogP) is 3.01. The fourth-order valence-corrected chi connectivity index (χ4v) is 3.17. The third-order valence-electron chi connectivity index (χ3n) is 4.88. The molecule has 184 valence electrons. The van der Waals surface area contributed by atoms with Crippen LogP contribution in [0.15, 0.2) is 53.2 Å². The summed E-state index contributed by atoms with van der Waals surface area (Å²) in [5.41, 5.74) is 8.80. The molecule has 0 unspecified atom stereocenters. The van der Waals surface area contributed by atoms with Crippen molar-refractivity contribution in [2.75, 3.05) is 37.8 Å². The number of aromatic nitrogens is 4. The molecule has 1 amide bonds. The zero-order valence-electron chi connectivity index (χ0n) is 20.5. The van der Waals surface area contributed by atoms with Gasteiger partial charge in [-0.25, -0.2) is 14.4 Å². The third-order valence-corrected chi connectivity index (χ3v) is 4.88. The zero-order chi connectivity index (χ0) is 25.5. The van der Waals surface area contributed by atoms with Gasteiger partial charge < -0.3 is 21.3 Å². The molecule has 0 aliphatic rings. The Morgan fingerprint density at radius 2 is 2.06 bits per heavy atom. The molecule has 0 fully saturated rings. The van der Waals surface area contributed by atoms with Gasteiger partial charge in [0.1, 0.15) is 5.65 Å². The molecule has 0 spiro atoms. The van der Waals surface area contributed by atoms with Gasteiger partial charge in [-0.1, -0.05) is 6.08 Å². The minimum atomic E-state index is -0.616. The van der Waals surface area contributed by atoms with Gasteiger partial charge in [0.2, 0.25) is 11.9 Å². The van der Waals surface area contributed by atoms with Crippen molar-refractivity contribution < 1.29 is 9.18 Å². The van der Waals surface area contributed by atoms with Crippen LogP contribution >= 0.6 is 0 Å².